The molecule has 1 rings (SSSR count). The van der Waals surface area contributed by atoms with Crippen molar-refractivity contribution in [3.63, 3.8) is 0 Å². The molecule has 0 N–H and O–H groups in total. The largest absolute Gasteiger partial charge is 2.00 e. The van der Waals surface area contributed by atoms with Crippen LogP contribution in [0.3, 0.4) is 0 Å². The topological polar surface area (TPSA) is 0 Å². The van der Waals surface area contributed by atoms with Gasteiger partial charge in [0.2, 0.25) is 0 Å². The Morgan fingerprint density at radius 2 is 1.78 bits per heavy atom. The van der Waals surface area contributed by atoms with Crippen molar-refractivity contribution in [1.82, 2.24) is 0 Å². The van der Waals surface area contributed by atoms with Crippen molar-refractivity contribution < 1.29 is 2.85 Å². The van der Waals surface area contributed by atoms with Crippen molar-refractivity contribution in [2.45, 2.75) is 32.1 Å². The van der Waals surface area contributed by atoms with Crippen LogP contribution in [0, 0.1) is 5.92 Å². The van der Waals surface area contributed by atoms with E-state index in [0.29, 0.717) is 0 Å². The fourth-order valence-corrected chi connectivity index (χ4v) is 2.22. The summed E-state index contributed by atoms with van der Waals surface area (Å²) in [6.45, 7) is 0. The van der Waals surface area contributed by atoms with Crippen molar-refractivity contribution in [3.05, 3.63) is 0 Å². The molecule has 1 aliphatic carbocycles. The van der Waals surface area contributed by atoms with Crippen LogP contribution in [-0.4, -0.2) is 27.5 Å². The quantitative estimate of drug-likeness (QED) is 0.381. The van der Waals surface area contributed by atoms with Crippen LogP contribution in [-0.2, 0) is 0 Å². The first-order valence-electron chi connectivity index (χ1n) is 3.49. The summed E-state index contributed by atoms with van der Waals surface area (Å²) in [5.41, 5.74) is 0. The maximum atomic E-state index is 2.51. The molecule has 0 saturated heterocycles. The SMILES string of the molecule is ICC1CCCCC1.[H-].[H-].[Mg+2]. The molecule has 0 amide bonds. The van der Waals surface area contributed by atoms with E-state index >= 15 is 0 Å². The number of hydrogen-bond donors (Lipinski definition) is 0. The summed E-state index contributed by atoms with van der Waals surface area (Å²) >= 11 is 2.51. The van der Waals surface area contributed by atoms with Crippen molar-refractivity contribution in [1.29, 1.82) is 0 Å². The van der Waals surface area contributed by atoms with Crippen LogP contribution in [0.15, 0.2) is 0 Å². The summed E-state index contributed by atoms with van der Waals surface area (Å²) < 4.78 is 1.39. The minimum Gasteiger partial charge on any atom is -1.00 e. The van der Waals surface area contributed by atoms with Gasteiger partial charge in [-0.05, 0) is 18.8 Å². The molecule has 0 aromatic heterocycles. The van der Waals surface area contributed by atoms with Gasteiger partial charge in [0, 0.05) is 4.43 Å². The summed E-state index contributed by atoms with van der Waals surface area (Å²) in [6.07, 6.45) is 7.49. The second kappa shape index (κ2) is 6.22. The molecule has 0 heterocycles. The van der Waals surface area contributed by atoms with Crippen LogP contribution in [0.1, 0.15) is 35.0 Å². The predicted molar refractivity (Wildman–Crippen MR) is 53.4 cm³/mol. The molecule has 0 unspecified atom stereocenters. The first-order valence-corrected chi connectivity index (χ1v) is 5.02. The van der Waals surface area contributed by atoms with Crippen molar-refractivity contribution >= 4 is 45.6 Å². The number of halogens is 1. The van der Waals surface area contributed by atoms with E-state index in [0.717, 1.165) is 5.92 Å². The Labute approximate surface area is 90.4 Å². The second-order valence-corrected chi connectivity index (χ2v) is 3.54. The summed E-state index contributed by atoms with van der Waals surface area (Å²) in [5, 5.41) is 0. The van der Waals surface area contributed by atoms with Gasteiger partial charge in [-0.1, -0.05) is 41.9 Å². The van der Waals surface area contributed by atoms with Crippen LogP contribution in [0.2, 0.25) is 0 Å². The summed E-state index contributed by atoms with van der Waals surface area (Å²) in [6, 6.07) is 0. The normalized spacial score (nSPS) is 21.0. The van der Waals surface area contributed by atoms with Gasteiger partial charge >= 0.3 is 23.1 Å². The van der Waals surface area contributed by atoms with Crippen LogP contribution in [0.4, 0.5) is 0 Å². The van der Waals surface area contributed by atoms with E-state index in [1.807, 2.05) is 0 Å². The third kappa shape index (κ3) is 4.04. The van der Waals surface area contributed by atoms with E-state index in [9.17, 15) is 0 Å². The Morgan fingerprint density at radius 3 is 2.11 bits per heavy atom. The molecule has 52 valence electrons. The van der Waals surface area contributed by atoms with Gasteiger partial charge in [-0.3, -0.25) is 0 Å². The van der Waals surface area contributed by atoms with Crippen LogP contribution in [0.25, 0.3) is 0 Å². The monoisotopic (exact) mass is 250 g/mol. The fourth-order valence-electron chi connectivity index (χ4n) is 1.34. The van der Waals surface area contributed by atoms with E-state index < -0.39 is 0 Å². The van der Waals surface area contributed by atoms with Crippen molar-refractivity contribution in [3.8, 4) is 0 Å². The standard InChI is InChI=1S/C7H13I.Mg.2H/c8-6-7-4-2-1-3-5-7;;;/h7H,1-6H2;;;/q;+2;2*-1. The molecular weight excluding hydrogens is 235 g/mol. The molecule has 0 aromatic rings. The second-order valence-electron chi connectivity index (χ2n) is 2.66. The minimum atomic E-state index is 0. The van der Waals surface area contributed by atoms with Crippen LogP contribution >= 0.6 is 22.6 Å². The number of rotatable bonds is 1. The number of alkyl halides is 1. The van der Waals surface area contributed by atoms with E-state index in [1.54, 1.807) is 0 Å². The molecule has 0 atom stereocenters. The average Bonchev–Trinajstić information content (AvgIpc) is 1.90. The molecule has 0 nitrogen and oxygen atoms in total. The third-order valence-corrected chi connectivity index (χ3v) is 3.19. The van der Waals surface area contributed by atoms with E-state index in [2.05, 4.69) is 22.6 Å². The molecule has 9 heavy (non-hydrogen) atoms. The van der Waals surface area contributed by atoms with Gasteiger partial charge in [0.05, 0.1) is 0 Å². The summed E-state index contributed by atoms with van der Waals surface area (Å²) in [7, 11) is 0. The molecule has 0 radical (unpaired) electrons. The van der Waals surface area contributed by atoms with Gasteiger partial charge in [-0.15, -0.1) is 0 Å². The van der Waals surface area contributed by atoms with Gasteiger partial charge in [-0.25, -0.2) is 0 Å². The Balaban J connectivity index is -0.000000213. The average molecular weight is 250 g/mol. The zero-order chi connectivity index (χ0) is 5.82. The smallest absolute Gasteiger partial charge is 1.00 e. The van der Waals surface area contributed by atoms with Crippen molar-refractivity contribution in [2.24, 2.45) is 5.92 Å². The van der Waals surface area contributed by atoms with Crippen LogP contribution in [0.5, 0.6) is 0 Å². The predicted octanol–water partition coefficient (Wildman–Crippen LogP) is 2.85. The first kappa shape index (κ1) is 10.5. The molecule has 1 saturated carbocycles. The summed E-state index contributed by atoms with van der Waals surface area (Å²) in [5.74, 6) is 1.07. The van der Waals surface area contributed by atoms with Crippen molar-refractivity contribution in [2.75, 3.05) is 4.43 Å². The van der Waals surface area contributed by atoms with E-state index in [1.165, 1.54) is 36.5 Å². The molecule has 2 heteroatoms. The molecule has 1 aliphatic rings. The fraction of sp³-hybridized carbons (Fsp3) is 1.00. The molecule has 0 aromatic carbocycles. The van der Waals surface area contributed by atoms with E-state index in [-0.39, 0.29) is 25.9 Å². The molecule has 0 spiro atoms. The first-order chi connectivity index (χ1) is 3.93. The Kier molecular flexibility index (Phi) is 7.26. The zero-order valence-corrected chi connectivity index (χ0v) is 9.48. The summed E-state index contributed by atoms with van der Waals surface area (Å²) in [4.78, 5) is 0. The van der Waals surface area contributed by atoms with Gasteiger partial charge in [0.1, 0.15) is 0 Å². The Morgan fingerprint density at radius 1 is 1.22 bits per heavy atom. The molecule has 0 bridgehead atoms. The Hall–Kier alpha value is 1.50. The number of hydrogen-bond acceptors (Lipinski definition) is 0. The maximum Gasteiger partial charge on any atom is 2.00 e. The van der Waals surface area contributed by atoms with Gasteiger partial charge in [-0.2, -0.15) is 0 Å². The van der Waals surface area contributed by atoms with Gasteiger partial charge < -0.3 is 2.85 Å². The third-order valence-electron chi connectivity index (χ3n) is 1.94. The maximum absolute atomic E-state index is 2.51. The van der Waals surface area contributed by atoms with Gasteiger partial charge in [0.25, 0.3) is 0 Å². The molecule has 1 fully saturated rings. The molecule has 0 aliphatic heterocycles. The zero-order valence-electron chi connectivity index (χ0n) is 7.91. The van der Waals surface area contributed by atoms with E-state index in [4.69, 9.17) is 0 Å². The minimum absolute atomic E-state index is 0. The van der Waals surface area contributed by atoms with Crippen LogP contribution < -0.4 is 0 Å². The molecular formula is C7H15IMg. The Bertz CT molecular complexity index is 67.5. The van der Waals surface area contributed by atoms with Gasteiger partial charge in [0.15, 0.2) is 0 Å².